The zero-order valence-corrected chi connectivity index (χ0v) is 41.0. The summed E-state index contributed by atoms with van der Waals surface area (Å²) in [6.45, 7) is 1.89. The molecule has 4 N–H and O–H groups in total. The summed E-state index contributed by atoms with van der Waals surface area (Å²) in [5.74, 6) is -3.42. The van der Waals surface area contributed by atoms with Gasteiger partial charge in [-0.05, 0) is 68.0 Å². The molecule has 18 nitrogen and oxygen atoms in total. The van der Waals surface area contributed by atoms with Crippen molar-refractivity contribution in [2.45, 2.75) is 102 Å². The summed E-state index contributed by atoms with van der Waals surface area (Å²) in [5, 5.41) is 12.6. The largest absolute Gasteiger partial charge is 0.489 e. The van der Waals surface area contributed by atoms with Crippen LogP contribution < -0.4 is 31.0 Å². The summed E-state index contributed by atoms with van der Waals surface area (Å²) in [6, 6.07) is 9.50. The van der Waals surface area contributed by atoms with E-state index in [4.69, 9.17) is 9.47 Å². The molecule has 74 heavy (non-hydrogen) atoms. The van der Waals surface area contributed by atoms with Crippen LogP contribution in [0.3, 0.4) is 0 Å². The van der Waals surface area contributed by atoms with Crippen molar-refractivity contribution < 1.29 is 51.0 Å². The smallest absolute Gasteiger partial charge is 0.417 e. The maximum Gasteiger partial charge on any atom is 0.417 e. The van der Waals surface area contributed by atoms with Crippen LogP contribution in [0.5, 0.6) is 17.4 Å². The molecule has 2 saturated heterocycles. The number of piperidine rings is 1. The summed E-state index contributed by atoms with van der Waals surface area (Å²) in [6.07, 6.45) is 13.8. The number of likely N-dealkylation sites (tertiary alicyclic amines) is 2. The van der Waals surface area contributed by atoms with Gasteiger partial charge in [-0.2, -0.15) is 18.3 Å². The second kappa shape index (κ2) is 25.8. The van der Waals surface area contributed by atoms with Crippen LogP contribution in [0.15, 0.2) is 90.5 Å². The Balaban J connectivity index is 0.752. The van der Waals surface area contributed by atoms with Crippen molar-refractivity contribution in [2.24, 2.45) is 5.92 Å². The standard InChI is InChI=1S/C52H60F4N10O8/c1-64-46(69)29-40(47(64)34-12-10-19-57-30-34)49(71)60-20-9-7-5-3-2-4-6-8-13-45(68)65-23-17-39(18-24-65)66-33-35(31-62-66)48(70)59-21-11-25-73-43-27-37(53)14-15-42(43)74-51-41(26-36(32-61-51)52(54,55)56)50(72)63-38-16-22-58-44(67)28-38/h10,12,14-16,19,22,26-28,30-33,39-40,47H,2-9,11,13,17-18,20-21,23-25,29H2,1H3,(H,59,70)(H,60,71)(H2,58,63,67,72)/t40-,47+/m0/s1. The number of aromatic amines is 1. The number of carbonyl (C=O) groups excluding carboxylic acids is 5. The number of alkyl halides is 3. The topological polar surface area (TPSA) is 223 Å². The molecule has 5 amide bonds. The van der Waals surface area contributed by atoms with Crippen molar-refractivity contribution in [1.29, 1.82) is 0 Å². The lowest BCUT2D eigenvalue weighted by Gasteiger charge is -2.32. The van der Waals surface area contributed by atoms with Crippen molar-refractivity contribution in [2.75, 3.05) is 45.2 Å². The zero-order valence-electron chi connectivity index (χ0n) is 41.0. The fourth-order valence-corrected chi connectivity index (χ4v) is 9.02. The molecule has 0 unspecified atom stereocenters. The number of benzene rings is 1. The van der Waals surface area contributed by atoms with E-state index in [1.807, 2.05) is 17.0 Å². The summed E-state index contributed by atoms with van der Waals surface area (Å²) < 4.78 is 68.4. The predicted molar refractivity (Wildman–Crippen MR) is 263 cm³/mol. The SMILES string of the molecule is CN1C(=O)C[C@H](C(=O)NCCCCCCCCCCC(=O)N2CCC(n3cc(C(=O)NCCCOc4cc(F)ccc4Oc4ncc(C(F)(F)F)cc4C(=O)Nc4cc[nH]c(=O)c4)cn3)CC2)[C@H]1c1cccnc1. The van der Waals surface area contributed by atoms with Crippen LogP contribution in [0.4, 0.5) is 23.2 Å². The molecular weight excluding hydrogens is 969 g/mol. The molecule has 22 heteroatoms. The van der Waals surface area contributed by atoms with Crippen molar-refractivity contribution in [3.63, 3.8) is 0 Å². The number of anilines is 1. The van der Waals surface area contributed by atoms with Crippen LogP contribution in [0, 0.1) is 11.7 Å². The number of amides is 5. The fourth-order valence-electron chi connectivity index (χ4n) is 9.02. The minimum Gasteiger partial charge on any atom is -0.489 e. The summed E-state index contributed by atoms with van der Waals surface area (Å²) >= 11 is 0. The number of pyridine rings is 3. The monoisotopic (exact) mass is 1030 g/mol. The van der Waals surface area contributed by atoms with Crippen LogP contribution >= 0.6 is 0 Å². The molecule has 0 saturated carbocycles. The van der Waals surface area contributed by atoms with E-state index in [0.717, 1.165) is 81.2 Å². The normalized spacial score (nSPS) is 16.0. The number of ether oxygens (including phenoxy) is 2. The first-order valence-corrected chi connectivity index (χ1v) is 24.9. The third kappa shape index (κ3) is 15.0. The number of hydrogen-bond donors (Lipinski definition) is 4. The molecule has 7 rings (SSSR count). The van der Waals surface area contributed by atoms with Gasteiger partial charge in [0, 0.05) is 94.9 Å². The molecule has 0 aliphatic carbocycles. The van der Waals surface area contributed by atoms with Gasteiger partial charge in [0.15, 0.2) is 11.5 Å². The molecule has 394 valence electrons. The second-order valence-corrected chi connectivity index (χ2v) is 18.4. The Bertz CT molecular complexity index is 2780. The minimum absolute atomic E-state index is 0.00202. The highest BCUT2D eigenvalue weighted by molar-refractivity contribution is 6.06. The molecule has 1 aromatic carbocycles. The van der Waals surface area contributed by atoms with Crippen LogP contribution in [-0.4, -0.2) is 104 Å². The van der Waals surface area contributed by atoms with Crippen LogP contribution in [0.25, 0.3) is 0 Å². The van der Waals surface area contributed by atoms with Gasteiger partial charge in [0.25, 0.3) is 11.8 Å². The van der Waals surface area contributed by atoms with E-state index in [9.17, 15) is 46.3 Å². The molecule has 2 aliphatic rings. The number of nitrogens with one attached hydrogen (secondary N) is 4. The first kappa shape index (κ1) is 54.1. The predicted octanol–water partition coefficient (Wildman–Crippen LogP) is 7.77. The van der Waals surface area contributed by atoms with Gasteiger partial charge in [-0.3, -0.25) is 38.4 Å². The summed E-state index contributed by atoms with van der Waals surface area (Å²) in [5.41, 5.74) is -1.21. The number of H-pyrrole nitrogens is 1. The number of unbranched alkanes of at least 4 members (excludes halogenated alkanes) is 7. The lowest BCUT2D eigenvalue weighted by Crippen LogP contribution is -2.39. The first-order chi connectivity index (χ1) is 35.6. The molecule has 0 bridgehead atoms. The van der Waals surface area contributed by atoms with Gasteiger partial charge in [0.1, 0.15) is 11.4 Å². The molecule has 5 aromatic rings. The number of hydrogen-bond acceptors (Lipinski definition) is 11. The fraction of sp³-hybridized carbons (Fsp3) is 0.442. The lowest BCUT2D eigenvalue weighted by atomic mass is 9.94. The quantitative estimate of drug-likeness (QED) is 0.0345. The second-order valence-electron chi connectivity index (χ2n) is 18.4. The molecule has 0 spiro atoms. The van der Waals surface area contributed by atoms with Gasteiger partial charge >= 0.3 is 6.18 Å². The molecular formula is C52H60F4N10O8. The number of carbonyl (C=O) groups is 5. The third-order valence-electron chi connectivity index (χ3n) is 13.1. The number of rotatable bonds is 24. The summed E-state index contributed by atoms with van der Waals surface area (Å²) in [7, 11) is 1.73. The highest BCUT2D eigenvalue weighted by Gasteiger charge is 2.42. The highest BCUT2D eigenvalue weighted by Crippen LogP contribution is 2.38. The maximum atomic E-state index is 14.3. The van der Waals surface area contributed by atoms with E-state index in [1.165, 1.54) is 18.5 Å². The zero-order chi connectivity index (χ0) is 52.6. The minimum atomic E-state index is -4.85. The van der Waals surface area contributed by atoms with Crippen molar-refractivity contribution in [3.8, 4) is 17.4 Å². The van der Waals surface area contributed by atoms with E-state index in [1.54, 1.807) is 35.2 Å². The summed E-state index contributed by atoms with van der Waals surface area (Å²) in [4.78, 5) is 90.0. The Kier molecular flexibility index (Phi) is 18.9. The highest BCUT2D eigenvalue weighted by atomic mass is 19.4. The van der Waals surface area contributed by atoms with Crippen molar-refractivity contribution in [3.05, 3.63) is 124 Å². The Hall–Kier alpha value is -7.65. The van der Waals surface area contributed by atoms with E-state index in [0.29, 0.717) is 56.7 Å². The van der Waals surface area contributed by atoms with Gasteiger partial charge in [0.2, 0.25) is 29.2 Å². The Morgan fingerprint density at radius 1 is 0.838 bits per heavy atom. The molecule has 2 aliphatic heterocycles. The number of halogens is 4. The van der Waals surface area contributed by atoms with Gasteiger partial charge in [-0.1, -0.05) is 44.6 Å². The van der Waals surface area contributed by atoms with E-state index in [-0.39, 0.29) is 78.9 Å². The van der Waals surface area contributed by atoms with Gasteiger partial charge in [-0.25, -0.2) is 9.37 Å². The molecule has 2 atom stereocenters. The first-order valence-electron chi connectivity index (χ1n) is 24.9. The maximum absolute atomic E-state index is 14.3. The van der Waals surface area contributed by atoms with Crippen LogP contribution in [-0.2, 0) is 20.6 Å². The third-order valence-corrected chi connectivity index (χ3v) is 13.1. The van der Waals surface area contributed by atoms with Gasteiger partial charge in [-0.15, -0.1) is 0 Å². The van der Waals surface area contributed by atoms with Gasteiger partial charge in [0.05, 0.1) is 41.9 Å². The molecule has 4 aromatic heterocycles. The van der Waals surface area contributed by atoms with Crippen molar-refractivity contribution in [1.82, 2.24) is 45.2 Å². The van der Waals surface area contributed by atoms with Crippen molar-refractivity contribution >= 4 is 35.2 Å². The molecule has 2 fully saturated rings. The molecule has 6 heterocycles. The number of nitrogens with zero attached hydrogens (tertiary/aromatic N) is 6. The Morgan fingerprint density at radius 3 is 2.31 bits per heavy atom. The average Bonchev–Trinajstić information content (AvgIpc) is 4.00. The number of aromatic nitrogens is 5. The van der Waals surface area contributed by atoms with E-state index in [2.05, 4.69) is 36.0 Å². The van der Waals surface area contributed by atoms with Crippen LogP contribution in [0.2, 0.25) is 0 Å². The van der Waals surface area contributed by atoms with E-state index >= 15 is 0 Å². The lowest BCUT2D eigenvalue weighted by molar-refractivity contribution is -0.138. The van der Waals surface area contributed by atoms with E-state index < -0.39 is 46.4 Å². The molecule has 0 radical (unpaired) electrons. The Labute approximate surface area is 424 Å². The Morgan fingerprint density at radius 2 is 1.58 bits per heavy atom. The van der Waals surface area contributed by atoms with Crippen LogP contribution in [0.1, 0.15) is 127 Å². The van der Waals surface area contributed by atoms with Gasteiger partial charge < -0.3 is 40.2 Å². The average molecular weight is 1030 g/mol.